The van der Waals surface area contributed by atoms with E-state index in [4.69, 9.17) is 19.3 Å². The molecular weight excluding hydrogens is 1410 g/mol. The van der Waals surface area contributed by atoms with Crippen LogP contribution >= 0.6 is 0 Å². The van der Waals surface area contributed by atoms with Gasteiger partial charge in [0.05, 0.1) is 53.7 Å². The number of aliphatic carboxylic acids is 1. The Labute approximate surface area is 642 Å². The molecular formula is C87H106F4N10O9. The van der Waals surface area contributed by atoms with Gasteiger partial charge in [0.15, 0.2) is 0 Å². The number of amides is 1. The van der Waals surface area contributed by atoms with Crippen molar-refractivity contribution in [1.29, 1.82) is 0 Å². The number of aryl methyl sites for hydroxylation is 1. The van der Waals surface area contributed by atoms with Gasteiger partial charge < -0.3 is 49.6 Å². The van der Waals surface area contributed by atoms with Crippen LogP contribution in [-0.4, -0.2) is 140 Å². The minimum atomic E-state index is -0.727. The van der Waals surface area contributed by atoms with Crippen molar-refractivity contribution in [3.8, 4) is 0 Å². The van der Waals surface area contributed by atoms with Gasteiger partial charge in [-0.2, -0.15) is 0 Å². The molecule has 0 bridgehead atoms. The molecule has 4 aromatic heterocycles. The van der Waals surface area contributed by atoms with E-state index in [1.54, 1.807) is 74.2 Å². The first kappa shape index (κ1) is 82.5. The first-order valence-electron chi connectivity index (χ1n) is 39.1. The van der Waals surface area contributed by atoms with Gasteiger partial charge >= 0.3 is 23.9 Å². The van der Waals surface area contributed by atoms with E-state index in [0.29, 0.717) is 56.3 Å². The van der Waals surface area contributed by atoms with Gasteiger partial charge in [-0.05, 0) is 244 Å². The molecule has 110 heavy (non-hydrogen) atoms. The summed E-state index contributed by atoms with van der Waals surface area (Å²) in [7, 11) is 0. The summed E-state index contributed by atoms with van der Waals surface area (Å²) in [4.78, 5) is 84.6. The van der Waals surface area contributed by atoms with E-state index in [1.165, 1.54) is 35.9 Å². The molecule has 1 amide bonds. The molecule has 23 heteroatoms. The quantitative estimate of drug-likeness (QED) is 0.0413. The molecule has 19 nitrogen and oxygen atoms in total. The van der Waals surface area contributed by atoms with Crippen molar-refractivity contribution >= 4 is 102 Å². The van der Waals surface area contributed by atoms with Crippen molar-refractivity contribution in [2.24, 2.45) is 47.3 Å². The number of hydrogen-bond donors (Lipinski definition) is 3. The summed E-state index contributed by atoms with van der Waals surface area (Å²) in [5.74, 6) is -0.549. The number of nitrogens with zero attached hydrogens (tertiary/aromatic N) is 8. The van der Waals surface area contributed by atoms with Crippen molar-refractivity contribution < 1.29 is 60.9 Å². The van der Waals surface area contributed by atoms with Gasteiger partial charge in [0.1, 0.15) is 23.3 Å². The van der Waals surface area contributed by atoms with E-state index >= 15 is 0 Å². The summed E-state index contributed by atoms with van der Waals surface area (Å²) in [5, 5.41) is 18.8. The van der Waals surface area contributed by atoms with Gasteiger partial charge in [-0.25, -0.2) is 17.6 Å². The Balaban J connectivity index is 0.000000149. The Morgan fingerprint density at radius 1 is 0.436 bits per heavy atom. The number of hydrogen-bond acceptors (Lipinski definition) is 17. The van der Waals surface area contributed by atoms with E-state index in [2.05, 4.69) is 50.2 Å². The largest absolute Gasteiger partial charge is 0.481 e. The predicted octanol–water partition coefficient (Wildman–Crippen LogP) is 16.8. The van der Waals surface area contributed by atoms with Gasteiger partial charge in [-0.3, -0.25) is 43.9 Å². The number of anilines is 5. The second-order valence-corrected chi connectivity index (χ2v) is 29.4. The highest BCUT2D eigenvalue weighted by molar-refractivity contribution is 5.95. The number of rotatable bonds is 18. The van der Waals surface area contributed by atoms with Gasteiger partial charge in [0.25, 0.3) is 0 Å². The highest BCUT2D eigenvalue weighted by atomic mass is 19.1. The monoisotopic (exact) mass is 1510 g/mol. The van der Waals surface area contributed by atoms with Crippen molar-refractivity contribution in [2.45, 2.75) is 126 Å². The molecule has 3 atom stereocenters. The van der Waals surface area contributed by atoms with Crippen molar-refractivity contribution in [1.82, 2.24) is 25.3 Å². The van der Waals surface area contributed by atoms with Crippen molar-refractivity contribution in [3.05, 3.63) is 175 Å². The third-order valence-electron chi connectivity index (χ3n) is 22.2. The maximum atomic E-state index is 13.8. The van der Waals surface area contributed by atoms with Crippen LogP contribution in [0.2, 0.25) is 0 Å². The lowest BCUT2D eigenvalue weighted by atomic mass is 9.84. The number of esters is 3. The summed E-state index contributed by atoms with van der Waals surface area (Å²) >= 11 is 0. The maximum Gasteiger partial charge on any atom is 0.308 e. The van der Waals surface area contributed by atoms with Crippen LogP contribution in [0.1, 0.15) is 124 Å². The molecule has 3 N–H and O–H groups in total. The van der Waals surface area contributed by atoms with Crippen LogP contribution in [-0.2, 0) is 38.2 Å². The number of pyridine rings is 4. The van der Waals surface area contributed by atoms with E-state index in [1.807, 2.05) is 90.1 Å². The summed E-state index contributed by atoms with van der Waals surface area (Å²) in [6.45, 7) is 23.4. The summed E-state index contributed by atoms with van der Waals surface area (Å²) in [6.07, 6.45) is 17.7. The van der Waals surface area contributed by atoms with Gasteiger partial charge in [0, 0.05) is 146 Å². The van der Waals surface area contributed by atoms with Crippen LogP contribution in [0, 0.1) is 77.5 Å². The number of carbonyl (C=O) groups is 5. The molecule has 0 spiro atoms. The number of carbonyl (C=O) groups excluding carboxylic acids is 4. The van der Waals surface area contributed by atoms with Gasteiger partial charge in [-0.15, -0.1) is 0 Å². The lowest BCUT2D eigenvalue weighted by Gasteiger charge is -2.36. The molecule has 0 radical (unpaired) electrons. The molecule has 3 unspecified atom stereocenters. The van der Waals surface area contributed by atoms with E-state index < -0.39 is 5.97 Å². The highest BCUT2D eigenvalue weighted by Crippen LogP contribution is 2.37. The maximum absolute atomic E-state index is 13.8. The molecule has 5 aromatic carbocycles. The summed E-state index contributed by atoms with van der Waals surface area (Å²) in [6, 6.07) is 34.3. The fourth-order valence-corrected chi connectivity index (χ4v) is 15.6. The number of nitrogens with one attached hydrogen (secondary N) is 2. The van der Waals surface area contributed by atoms with Crippen LogP contribution in [0.15, 0.2) is 146 Å². The molecule has 0 saturated carbocycles. The van der Waals surface area contributed by atoms with Crippen LogP contribution in [0.25, 0.3) is 43.6 Å². The molecule has 5 saturated heterocycles. The molecule has 9 heterocycles. The van der Waals surface area contributed by atoms with Crippen LogP contribution < -0.4 is 30.2 Å². The normalized spacial score (nSPS) is 16.9. The van der Waals surface area contributed by atoms with Crippen LogP contribution in [0.3, 0.4) is 0 Å². The standard InChI is InChI=1S/C24H26FN3O.C19H23FN2O2.C18H21FN2O2.C17H19FN2O2.C9H17NO2/c1-16-3-6-20(7-4-16)27-24(29)17(2)18-10-13-28(14-11-18)23-9-12-26-22-8-5-19(25)15-21(22)23;1-3-24-19(23)13(2)14-7-10-22(11-8-14)18-6-9-21-17-5-4-15(20)12-16(17)18;1-2-23-18(22)11-13-6-9-21(10-7-13)17-5-8-20-16-4-3-14(19)12-15(16)17;1-11(17(21)22)12-5-8-20(9-6-12)16-4-7-19-15-3-2-13(18)10-14(15)16;1-2-12-9(11)7-8-3-5-10-6-4-8/h3-9,12,15,17-18H,10-11,13-14H2,1-2H3,(H,27,29);4-6,9,12-14H,3,7-8,10-11H2,1-2H3;3-5,8,12-13H,2,6-7,9-11H2,1H3;2-4,7,10-12H,5-6,8-9H2,1H3,(H,21,22);8,10H,2-7H2,1H3. The lowest BCUT2D eigenvalue weighted by molar-refractivity contribution is -0.149. The summed E-state index contributed by atoms with van der Waals surface area (Å²) in [5.41, 5.74) is 9.23. The predicted molar refractivity (Wildman–Crippen MR) is 426 cm³/mol. The number of carboxylic acids is 1. The number of ether oxygens (including phenoxy) is 3. The number of halogens is 4. The Hall–Kier alpha value is -10.0. The zero-order chi connectivity index (χ0) is 78.2. The average Bonchev–Trinajstić information content (AvgIpc) is 0.811. The molecule has 14 rings (SSSR count). The van der Waals surface area contributed by atoms with E-state index in [9.17, 15) is 41.5 Å². The number of fused-ring (bicyclic) bond motifs is 4. The fraction of sp³-hybridized carbons (Fsp3) is 0.460. The number of benzene rings is 5. The van der Waals surface area contributed by atoms with Crippen molar-refractivity contribution in [3.63, 3.8) is 0 Å². The summed E-state index contributed by atoms with van der Waals surface area (Å²) < 4.78 is 69.5. The third kappa shape index (κ3) is 22.8. The first-order chi connectivity index (χ1) is 53.2. The number of aromatic nitrogens is 4. The topological polar surface area (TPSA) is 222 Å². The zero-order valence-corrected chi connectivity index (χ0v) is 64.5. The Bertz CT molecular complexity index is 4520. The fourth-order valence-electron chi connectivity index (χ4n) is 15.6. The molecule has 5 aliphatic rings. The number of piperidine rings is 5. The molecule has 5 fully saturated rings. The van der Waals surface area contributed by atoms with Gasteiger partial charge in [-0.1, -0.05) is 38.5 Å². The highest BCUT2D eigenvalue weighted by Gasteiger charge is 2.33. The zero-order valence-electron chi connectivity index (χ0n) is 64.5. The van der Waals surface area contributed by atoms with Gasteiger partial charge in [0.2, 0.25) is 5.91 Å². The van der Waals surface area contributed by atoms with E-state index in [0.717, 1.165) is 202 Å². The molecule has 0 aliphatic carbocycles. The average molecular weight is 1510 g/mol. The first-order valence-corrected chi connectivity index (χ1v) is 39.1. The smallest absolute Gasteiger partial charge is 0.308 e. The second-order valence-electron chi connectivity index (χ2n) is 29.4. The second kappa shape index (κ2) is 40.6. The number of carboxylic acid groups (broad SMARTS) is 1. The SMILES string of the molecule is CC(C(=O)O)C1CCN(c2ccnc3ccc(F)cc23)CC1.CCOC(=O)C(C)C1CCN(c2ccnc3ccc(F)cc23)CC1.CCOC(=O)CC1CCN(c2ccnc3ccc(F)cc23)CC1.CCOC(=O)CC1CCNCC1.Cc1ccc(NC(=O)C(C)C2CCN(c3ccnc4ccc(F)cc34)CC2)cc1. The minimum absolute atomic E-state index is 0.0376. The molecule has 5 aliphatic heterocycles. The molecule has 586 valence electrons. The molecule has 9 aromatic rings. The Kier molecular flexibility index (Phi) is 30.4. The van der Waals surface area contributed by atoms with Crippen LogP contribution in [0.4, 0.5) is 46.0 Å². The van der Waals surface area contributed by atoms with E-state index in [-0.39, 0.29) is 70.8 Å². The lowest BCUT2D eigenvalue weighted by Crippen LogP contribution is -2.38. The van der Waals surface area contributed by atoms with Crippen LogP contribution in [0.5, 0.6) is 0 Å². The van der Waals surface area contributed by atoms with Crippen molar-refractivity contribution in [2.75, 3.05) is 110 Å². The minimum Gasteiger partial charge on any atom is -0.481 e. The third-order valence-corrected chi connectivity index (χ3v) is 22.2. The Morgan fingerprint density at radius 2 is 0.755 bits per heavy atom. The Morgan fingerprint density at radius 3 is 1.09 bits per heavy atom.